The van der Waals surface area contributed by atoms with Crippen LogP contribution in [0.25, 0.3) is 0 Å². The van der Waals surface area contributed by atoms with Crippen LogP contribution in [0, 0.1) is 11.2 Å². The molecule has 5 nitrogen and oxygen atoms in total. The number of hydrogen-bond donors (Lipinski definition) is 1. The van der Waals surface area contributed by atoms with Crippen LogP contribution in [0.4, 0.5) is 17.6 Å². The number of carbonyl (C=O) groups is 1. The van der Waals surface area contributed by atoms with Gasteiger partial charge < -0.3 is 5.73 Å². The Morgan fingerprint density at radius 3 is 2.42 bits per heavy atom. The molecule has 1 aromatic heterocycles. The predicted molar refractivity (Wildman–Crippen MR) is 83.9 cm³/mol. The molecule has 1 saturated carbocycles. The molecule has 0 saturated heterocycles. The molecule has 1 atom stereocenters. The van der Waals surface area contributed by atoms with Gasteiger partial charge in [0, 0.05) is 6.07 Å². The maximum atomic E-state index is 14.0. The SMILES string of the molecule is CC1([C@H](c2ccc(C(F)(F)F)c(F)c2)n2cnc(C(N)=O)cc2=O)CC1. The lowest BCUT2D eigenvalue weighted by atomic mass is 9.90. The van der Waals surface area contributed by atoms with Gasteiger partial charge in [0.05, 0.1) is 17.9 Å². The van der Waals surface area contributed by atoms with Crippen molar-refractivity contribution in [1.29, 1.82) is 0 Å². The van der Waals surface area contributed by atoms with Gasteiger partial charge >= 0.3 is 6.18 Å². The first-order chi connectivity index (χ1) is 12.0. The summed E-state index contributed by atoms with van der Waals surface area (Å²) in [5.41, 5.74) is 2.72. The smallest absolute Gasteiger partial charge is 0.364 e. The maximum Gasteiger partial charge on any atom is 0.419 e. The highest BCUT2D eigenvalue weighted by molar-refractivity contribution is 5.90. The van der Waals surface area contributed by atoms with Crippen LogP contribution in [0.1, 0.15) is 47.4 Å². The molecule has 0 unspecified atom stereocenters. The summed E-state index contributed by atoms with van der Waals surface area (Å²) in [6, 6.07) is 2.88. The summed E-state index contributed by atoms with van der Waals surface area (Å²) in [6.45, 7) is 1.85. The number of carbonyl (C=O) groups excluding carboxylic acids is 1. The average Bonchev–Trinajstić information content (AvgIpc) is 3.26. The number of alkyl halides is 3. The molecule has 0 bridgehead atoms. The van der Waals surface area contributed by atoms with E-state index >= 15 is 0 Å². The van der Waals surface area contributed by atoms with Gasteiger partial charge in [-0.05, 0) is 36.0 Å². The molecule has 1 aromatic carbocycles. The highest BCUT2D eigenvalue weighted by Gasteiger charge is 2.47. The first-order valence-corrected chi connectivity index (χ1v) is 7.77. The second-order valence-electron chi connectivity index (χ2n) is 6.68. The van der Waals surface area contributed by atoms with Crippen molar-refractivity contribution in [3.8, 4) is 0 Å². The summed E-state index contributed by atoms with van der Waals surface area (Å²) in [7, 11) is 0. The molecule has 1 aliphatic rings. The Balaban J connectivity index is 2.11. The number of halogens is 4. The standard InChI is InChI=1S/C17H15F4N3O2/c1-16(4-5-16)14(24-8-23-12(15(22)26)7-13(24)25)9-2-3-10(11(18)6-9)17(19,20)21/h2-3,6-8,14H,4-5H2,1H3,(H2,22,26)/t14-/m0/s1. The zero-order valence-corrected chi connectivity index (χ0v) is 13.7. The summed E-state index contributed by atoms with van der Waals surface area (Å²) < 4.78 is 53.6. The number of nitrogens with two attached hydrogens (primary N) is 1. The monoisotopic (exact) mass is 369 g/mol. The molecule has 9 heteroatoms. The highest BCUT2D eigenvalue weighted by atomic mass is 19.4. The van der Waals surface area contributed by atoms with Gasteiger partial charge in [-0.2, -0.15) is 13.2 Å². The lowest BCUT2D eigenvalue weighted by Gasteiger charge is -2.26. The van der Waals surface area contributed by atoms with Crippen LogP contribution in [0.3, 0.4) is 0 Å². The van der Waals surface area contributed by atoms with Crippen molar-refractivity contribution in [2.24, 2.45) is 11.1 Å². The van der Waals surface area contributed by atoms with Crippen molar-refractivity contribution in [2.75, 3.05) is 0 Å². The number of hydrogen-bond acceptors (Lipinski definition) is 3. The Labute approximate surface area is 145 Å². The van der Waals surface area contributed by atoms with Gasteiger partial charge in [-0.15, -0.1) is 0 Å². The molecule has 0 spiro atoms. The van der Waals surface area contributed by atoms with Gasteiger partial charge in [-0.25, -0.2) is 9.37 Å². The van der Waals surface area contributed by atoms with E-state index in [9.17, 15) is 27.2 Å². The van der Waals surface area contributed by atoms with Crippen molar-refractivity contribution in [3.05, 3.63) is 63.6 Å². The Kier molecular flexibility index (Phi) is 4.12. The van der Waals surface area contributed by atoms with Crippen molar-refractivity contribution in [1.82, 2.24) is 9.55 Å². The number of nitrogens with zero attached hydrogens (tertiary/aromatic N) is 2. The van der Waals surface area contributed by atoms with Gasteiger partial charge in [-0.1, -0.05) is 13.0 Å². The van der Waals surface area contributed by atoms with E-state index in [1.165, 1.54) is 4.57 Å². The molecule has 1 fully saturated rings. The Morgan fingerprint density at radius 2 is 1.96 bits per heavy atom. The first-order valence-electron chi connectivity index (χ1n) is 7.77. The molecule has 1 heterocycles. The van der Waals surface area contributed by atoms with Crippen molar-refractivity contribution < 1.29 is 22.4 Å². The van der Waals surface area contributed by atoms with Crippen LogP contribution in [0.2, 0.25) is 0 Å². The summed E-state index contributed by atoms with van der Waals surface area (Å²) in [5.74, 6) is -2.27. The topological polar surface area (TPSA) is 78.0 Å². The van der Waals surface area contributed by atoms with Crippen LogP contribution in [-0.2, 0) is 6.18 Å². The molecule has 1 amide bonds. The zero-order chi connectivity index (χ0) is 19.3. The first kappa shape index (κ1) is 18.1. The molecular weight excluding hydrogens is 354 g/mol. The van der Waals surface area contributed by atoms with Gasteiger partial charge in [0.1, 0.15) is 11.5 Å². The minimum absolute atomic E-state index is 0.218. The number of amides is 1. The van der Waals surface area contributed by atoms with Crippen LogP contribution >= 0.6 is 0 Å². The fourth-order valence-electron chi connectivity index (χ4n) is 3.04. The van der Waals surface area contributed by atoms with Gasteiger partial charge in [0.25, 0.3) is 11.5 Å². The Morgan fingerprint density at radius 1 is 1.31 bits per heavy atom. The third-order valence-electron chi connectivity index (χ3n) is 4.68. The molecule has 3 rings (SSSR count). The summed E-state index contributed by atoms with van der Waals surface area (Å²) in [5, 5.41) is 0. The van der Waals surface area contributed by atoms with Crippen LogP contribution in [0.15, 0.2) is 35.4 Å². The molecule has 1 aliphatic carbocycles. The highest BCUT2D eigenvalue weighted by Crippen LogP contribution is 2.56. The molecule has 138 valence electrons. The lowest BCUT2D eigenvalue weighted by molar-refractivity contribution is -0.140. The van der Waals surface area contributed by atoms with Crippen LogP contribution in [-0.4, -0.2) is 15.5 Å². The van der Waals surface area contributed by atoms with Gasteiger partial charge in [0.2, 0.25) is 0 Å². The average molecular weight is 369 g/mol. The summed E-state index contributed by atoms with van der Waals surface area (Å²) in [6.07, 6.45) is -2.26. The maximum absolute atomic E-state index is 14.0. The number of benzene rings is 1. The van der Waals surface area contributed by atoms with E-state index in [4.69, 9.17) is 5.73 Å². The predicted octanol–water partition coefficient (Wildman–Crippen LogP) is 2.89. The molecular formula is C17H15F4N3O2. The summed E-state index contributed by atoms with van der Waals surface area (Å²) in [4.78, 5) is 27.4. The minimum Gasteiger partial charge on any atom is -0.364 e. The fraction of sp³-hybridized carbons (Fsp3) is 0.353. The van der Waals surface area contributed by atoms with Crippen molar-refractivity contribution in [3.63, 3.8) is 0 Å². The van der Waals surface area contributed by atoms with Crippen molar-refractivity contribution >= 4 is 5.91 Å². The number of primary amides is 1. The second-order valence-corrected chi connectivity index (χ2v) is 6.68. The van der Waals surface area contributed by atoms with E-state index in [0.29, 0.717) is 18.9 Å². The molecule has 0 aliphatic heterocycles. The number of aromatic nitrogens is 2. The van der Waals surface area contributed by atoms with E-state index in [2.05, 4.69) is 4.98 Å². The zero-order valence-electron chi connectivity index (χ0n) is 13.7. The fourth-order valence-corrected chi connectivity index (χ4v) is 3.04. The molecule has 2 aromatic rings. The second kappa shape index (κ2) is 5.93. The quantitative estimate of drug-likeness (QED) is 0.842. The normalized spacial score (nSPS) is 17.0. The van der Waals surface area contributed by atoms with E-state index in [0.717, 1.165) is 24.5 Å². The summed E-state index contributed by atoms with van der Waals surface area (Å²) >= 11 is 0. The van der Waals surface area contributed by atoms with Gasteiger partial charge in [0.15, 0.2) is 0 Å². The van der Waals surface area contributed by atoms with Gasteiger partial charge in [-0.3, -0.25) is 14.2 Å². The Hall–Kier alpha value is -2.71. The van der Waals surface area contributed by atoms with E-state index < -0.39 is 40.5 Å². The largest absolute Gasteiger partial charge is 0.419 e. The van der Waals surface area contributed by atoms with E-state index in [1.807, 2.05) is 6.92 Å². The Bertz CT molecular complexity index is 932. The molecule has 0 radical (unpaired) electrons. The third-order valence-corrected chi connectivity index (χ3v) is 4.68. The lowest BCUT2D eigenvalue weighted by Crippen LogP contribution is -2.32. The third kappa shape index (κ3) is 3.21. The van der Waals surface area contributed by atoms with Crippen LogP contribution < -0.4 is 11.3 Å². The molecule has 2 N–H and O–H groups in total. The minimum atomic E-state index is -4.80. The molecule has 26 heavy (non-hydrogen) atoms. The van der Waals surface area contributed by atoms with Crippen LogP contribution in [0.5, 0.6) is 0 Å². The van der Waals surface area contributed by atoms with E-state index in [-0.39, 0.29) is 11.3 Å². The number of rotatable bonds is 4. The van der Waals surface area contributed by atoms with E-state index in [1.54, 1.807) is 0 Å². The van der Waals surface area contributed by atoms with Crippen molar-refractivity contribution in [2.45, 2.75) is 32.0 Å².